The number of hydrogen-bond donors (Lipinski definition) is 2. The van der Waals surface area contributed by atoms with Gasteiger partial charge in [0.2, 0.25) is 0 Å². The number of benzene rings is 2. The lowest BCUT2D eigenvalue weighted by molar-refractivity contribution is 0.0614. The van der Waals surface area contributed by atoms with Gasteiger partial charge in [0.25, 0.3) is 0 Å². The summed E-state index contributed by atoms with van der Waals surface area (Å²) >= 11 is 0. The first kappa shape index (κ1) is 13.9. The Labute approximate surface area is 112 Å². The van der Waals surface area contributed by atoms with Gasteiger partial charge in [0.05, 0.1) is 18.8 Å². The number of rotatable bonds is 5. The Morgan fingerprint density at radius 3 is 2.47 bits per heavy atom. The van der Waals surface area contributed by atoms with Crippen LogP contribution in [0.25, 0.3) is 10.8 Å². The van der Waals surface area contributed by atoms with Crippen molar-refractivity contribution in [2.24, 2.45) is 5.84 Å². The number of ether oxygens (including phenoxy) is 1. The Kier molecular flexibility index (Phi) is 4.47. The third-order valence-corrected chi connectivity index (χ3v) is 3.08. The van der Waals surface area contributed by atoms with Crippen molar-refractivity contribution in [3.8, 4) is 0 Å². The molecule has 19 heavy (non-hydrogen) atoms. The second-order valence-corrected chi connectivity index (χ2v) is 4.78. The molecule has 0 amide bonds. The first-order valence-electron chi connectivity index (χ1n) is 6.38. The van der Waals surface area contributed by atoms with Gasteiger partial charge in [-0.25, -0.2) is 4.39 Å². The molecule has 0 saturated heterocycles. The van der Waals surface area contributed by atoms with E-state index >= 15 is 0 Å². The number of hydrogen-bond acceptors (Lipinski definition) is 3. The molecule has 0 aliphatic heterocycles. The summed E-state index contributed by atoms with van der Waals surface area (Å²) in [6.07, 6.45) is 0.127. The van der Waals surface area contributed by atoms with E-state index < -0.39 is 0 Å². The third-order valence-electron chi connectivity index (χ3n) is 3.08. The minimum Gasteiger partial charge on any atom is -0.377 e. The van der Waals surface area contributed by atoms with Gasteiger partial charge in [0.1, 0.15) is 5.82 Å². The predicted molar refractivity (Wildman–Crippen MR) is 75.1 cm³/mol. The molecule has 0 aromatic heterocycles. The lowest BCUT2D eigenvalue weighted by atomic mass is 9.99. The highest BCUT2D eigenvalue weighted by molar-refractivity contribution is 5.86. The Hall–Kier alpha value is -1.49. The van der Waals surface area contributed by atoms with E-state index in [1.165, 1.54) is 6.07 Å². The van der Waals surface area contributed by atoms with Crippen LogP contribution in [0.1, 0.15) is 25.5 Å². The largest absolute Gasteiger partial charge is 0.377 e. The van der Waals surface area contributed by atoms with Crippen LogP contribution < -0.4 is 11.3 Å². The van der Waals surface area contributed by atoms with Gasteiger partial charge in [0.15, 0.2) is 0 Å². The van der Waals surface area contributed by atoms with Crippen molar-refractivity contribution in [1.29, 1.82) is 0 Å². The fourth-order valence-corrected chi connectivity index (χ4v) is 2.11. The zero-order valence-corrected chi connectivity index (χ0v) is 11.2. The SMILES string of the molecule is CC(C)OCC(NN)c1ccc(F)c2ccccc12. The summed E-state index contributed by atoms with van der Waals surface area (Å²) in [4.78, 5) is 0. The van der Waals surface area contributed by atoms with Gasteiger partial charge in [-0.2, -0.15) is 0 Å². The highest BCUT2D eigenvalue weighted by atomic mass is 19.1. The molecule has 0 fully saturated rings. The molecule has 2 aromatic rings. The smallest absolute Gasteiger partial charge is 0.131 e. The summed E-state index contributed by atoms with van der Waals surface area (Å²) in [5.41, 5.74) is 3.68. The van der Waals surface area contributed by atoms with Gasteiger partial charge >= 0.3 is 0 Å². The summed E-state index contributed by atoms with van der Waals surface area (Å²) in [6, 6.07) is 10.4. The average molecular weight is 262 g/mol. The van der Waals surface area contributed by atoms with E-state index in [2.05, 4.69) is 5.43 Å². The van der Waals surface area contributed by atoms with E-state index in [0.717, 1.165) is 10.9 Å². The molecular formula is C15H19FN2O. The molecule has 2 rings (SSSR count). The van der Waals surface area contributed by atoms with Gasteiger partial charge in [-0.15, -0.1) is 0 Å². The Morgan fingerprint density at radius 2 is 1.84 bits per heavy atom. The van der Waals surface area contributed by atoms with E-state index in [0.29, 0.717) is 12.0 Å². The summed E-state index contributed by atoms with van der Waals surface area (Å²) in [6.45, 7) is 4.39. The molecule has 0 aliphatic rings. The van der Waals surface area contributed by atoms with Crippen molar-refractivity contribution in [2.45, 2.75) is 26.0 Å². The lowest BCUT2D eigenvalue weighted by Crippen LogP contribution is -2.32. The number of nitrogens with two attached hydrogens (primary N) is 1. The highest BCUT2D eigenvalue weighted by Gasteiger charge is 2.15. The molecular weight excluding hydrogens is 243 g/mol. The normalized spacial score (nSPS) is 13.1. The second kappa shape index (κ2) is 6.10. The monoisotopic (exact) mass is 262 g/mol. The molecule has 102 valence electrons. The molecule has 3 N–H and O–H groups in total. The number of halogens is 1. The minimum absolute atomic E-state index is 0.127. The molecule has 1 unspecified atom stereocenters. The van der Waals surface area contributed by atoms with Crippen molar-refractivity contribution in [3.05, 3.63) is 47.8 Å². The minimum atomic E-state index is -0.222. The van der Waals surface area contributed by atoms with Crippen molar-refractivity contribution in [2.75, 3.05) is 6.61 Å². The molecule has 4 heteroatoms. The zero-order valence-electron chi connectivity index (χ0n) is 11.2. The van der Waals surface area contributed by atoms with Gasteiger partial charge in [-0.3, -0.25) is 11.3 Å². The fourth-order valence-electron chi connectivity index (χ4n) is 2.11. The number of fused-ring (bicyclic) bond motifs is 1. The predicted octanol–water partition coefficient (Wildman–Crippen LogP) is 2.91. The number of nitrogens with one attached hydrogen (secondary N) is 1. The van der Waals surface area contributed by atoms with Crippen LogP contribution in [0.4, 0.5) is 4.39 Å². The molecule has 0 radical (unpaired) electrons. The van der Waals surface area contributed by atoms with Gasteiger partial charge in [-0.05, 0) is 30.9 Å². The molecule has 2 aromatic carbocycles. The van der Waals surface area contributed by atoms with E-state index in [1.54, 1.807) is 12.1 Å². The zero-order chi connectivity index (χ0) is 13.8. The van der Waals surface area contributed by atoms with Gasteiger partial charge in [0, 0.05) is 5.39 Å². The van der Waals surface area contributed by atoms with E-state index in [1.807, 2.05) is 32.0 Å². The average Bonchev–Trinajstić information content (AvgIpc) is 2.41. The lowest BCUT2D eigenvalue weighted by Gasteiger charge is -2.20. The fraction of sp³-hybridized carbons (Fsp3) is 0.333. The molecule has 0 heterocycles. The summed E-state index contributed by atoms with van der Waals surface area (Å²) in [7, 11) is 0. The van der Waals surface area contributed by atoms with Crippen LogP contribution in [0.5, 0.6) is 0 Å². The maximum atomic E-state index is 13.8. The third kappa shape index (κ3) is 3.10. The van der Waals surface area contributed by atoms with Crippen LogP contribution in [0.2, 0.25) is 0 Å². The molecule has 1 atom stereocenters. The summed E-state index contributed by atoms with van der Waals surface area (Å²) in [5, 5.41) is 1.46. The first-order chi connectivity index (χ1) is 9.13. The molecule has 3 nitrogen and oxygen atoms in total. The van der Waals surface area contributed by atoms with Crippen molar-refractivity contribution in [3.63, 3.8) is 0 Å². The van der Waals surface area contributed by atoms with Crippen molar-refractivity contribution >= 4 is 10.8 Å². The van der Waals surface area contributed by atoms with Crippen LogP contribution in [0, 0.1) is 5.82 Å². The molecule has 0 saturated carbocycles. The van der Waals surface area contributed by atoms with Gasteiger partial charge in [-0.1, -0.05) is 30.3 Å². The van der Waals surface area contributed by atoms with Crippen molar-refractivity contribution < 1.29 is 9.13 Å². The van der Waals surface area contributed by atoms with Crippen LogP contribution >= 0.6 is 0 Å². The molecule has 0 aliphatic carbocycles. The second-order valence-electron chi connectivity index (χ2n) is 4.78. The van der Waals surface area contributed by atoms with Crippen LogP contribution in [0.3, 0.4) is 0 Å². The van der Waals surface area contributed by atoms with E-state index in [9.17, 15) is 4.39 Å². The maximum absolute atomic E-state index is 13.8. The molecule has 0 bridgehead atoms. The first-order valence-corrected chi connectivity index (χ1v) is 6.38. The van der Waals surface area contributed by atoms with Gasteiger partial charge < -0.3 is 4.74 Å². The summed E-state index contributed by atoms with van der Waals surface area (Å²) in [5.74, 6) is 5.37. The summed E-state index contributed by atoms with van der Waals surface area (Å²) < 4.78 is 19.4. The highest BCUT2D eigenvalue weighted by Crippen LogP contribution is 2.26. The standard InChI is InChI=1S/C15H19FN2O/c1-10(2)19-9-15(18-17)13-7-8-14(16)12-6-4-3-5-11(12)13/h3-8,10,15,18H,9,17H2,1-2H3. The topological polar surface area (TPSA) is 47.3 Å². The Morgan fingerprint density at radius 1 is 1.16 bits per heavy atom. The van der Waals surface area contributed by atoms with Crippen LogP contribution in [-0.2, 0) is 4.74 Å². The van der Waals surface area contributed by atoms with Crippen molar-refractivity contribution in [1.82, 2.24) is 5.43 Å². The van der Waals surface area contributed by atoms with E-state index in [4.69, 9.17) is 10.6 Å². The Bertz CT molecular complexity index is 557. The molecule has 0 spiro atoms. The maximum Gasteiger partial charge on any atom is 0.131 e. The van der Waals surface area contributed by atoms with Crippen LogP contribution in [0.15, 0.2) is 36.4 Å². The Balaban J connectivity index is 2.40. The van der Waals surface area contributed by atoms with E-state index in [-0.39, 0.29) is 18.0 Å². The number of hydrazine groups is 1. The quantitative estimate of drug-likeness (QED) is 0.643. The van der Waals surface area contributed by atoms with Crippen LogP contribution in [-0.4, -0.2) is 12.7 Å².